The quantitative estimate of drug-likeness (QED) is 0.0583. The highest BCUT2D eigenvalue weighted by atomic mass is 16.5. The molecule has 0 aromatic rings. The molecule has 0 aromatic carbocycles. The molecule has 0 aliphatic heterocycles. The molecule has 0 saturated carbocycles. The lowest BCUT2D eigenvalue weighted by atomic mass is 9.78. The standard InChI is InChI=1S/C13H28.2C12H26.C11H24O2.C11H24O.2C11H24.C10H22O2.C9H20O.C9H20/c1-12(2,3)10-8-7-9-11-13(4,5)6;2*1-11(2,3)9-7-8-10-12(4,5)6;1-10(2)8-12-6-7-13-9-11(3,4)5;1-10(2)7-6-8-12-9-11(3,4)5;2*1-10(2,3)8-7-9-11(4,5)6;1-9(2)7-11-5-6-12-8-10(3)4;1-5-6-7-10-8-9(2,3)4;1-8(2,3)7-9(4,5)6/h7-11H2,1-6H3;2*7-10H2,1-6H3;10H,6-9H2,1-5H3;10H,6-9H2,1-5H3;2*7-9H2,1-6H3;9-10H,5-8H2,1-4H3;5-8H2,1-4H3;7H2,1-6H3. The van der Waals surface area contributed by atoms with E-state index in [4.69, 9.17) is 28.4 Å². The van der Waals surface area contributed by atoms with E-state index in [1.807, 2.05) is 0 Å². The van der Waals surface area contributed by atoms with Gasteiger partial charge in [-0.3, -0.25) is 0 Å². The summed E-state index contributed by atoms with van der Waals surface area (Å²) in [6.45, 7) is 132. The molecule has 0 fully saturated rings. The lowest BCUT2D eigenvalue weighted by Gasteiger charge is -2.28. The predicted molar refractivity (Wildman–Crippen MR) is 533 cm³/mol. The van der Waals surface area contributed by atoms with Crippen LogP contribution < -0.4 is 0 Å². The van der Waals surface area contributed by atoms with Crippen molar-refractivity contribution in [1.82, 2.24) is 0 Å². The summed E-state index contributed by atoms with van der Waals surface area (Å²) >= 11 is 0. The van der Waals surface area contributed by atoms with Crippen molar-refractivity contribution < 1.29 is 28.4 Å². The summed E-state index contributed by atoms with van der Waals surface area (Å²) in [4.78, 5) is 0. The summed E-state index contributed by atoms with van der Waals surface area (Å²) in [6, 6.07) is 0. The Morgan fingerprint density at radius 3 is 0.496 bits per heavy atom. The first-order valence-electron chi connectivity index (χ1n) is 48.2. The van der Waals surface area contributed by atoms with Gasteiger partial charge in [0.15, 0.2) is 0 Å². The van der Waals surface area contributed by atoms with Gasteiger partial charge < -0.3 is 28.4 Å². The zero-order chi connectivity index (χ0) is 93.5. The Bertz CT molecular complexity index is 1790. The van der Waals surface area contributed by atoms with Gasteiger partial charge in [0.05, 0.1) is 46.2 Å². The molecule has 0 unspecified atom stereocenters. The Balaban J connectivity index is -0.000000133. The van der Waals surface area contributed by atoms with Crippen LogP contribution >= 0.6 is 0 Å². The van der Waals surface area contributed by atoms with Gasteiger partial charge in [0.25, 0.3) is 0 Å². The molecular weight excluding hydrogens is 1410 g/mol. The zero-order valence-corrected chi connectivity index (χ0v) is 91.7. The molecule has 0 saturated heterocycles. The normalized spacial score (nSPS) is 13.0. The fraction of sp³-hybridized carbons (Fsp3) is 1.00. The average molecular weight is 1650 g/mol. The Labute approximate surface area is 736 Å². The van der Waals surface area contributed by atoms with Gasteiger partial charge in [-0.05, 0) is 195 Å². The minimum Gasteiger partial charge on any atom is -0.381 e. The summed E-state index contributed by atoms with van der Waals surface area (Å²) in [5.74, 6) is 2.66. The maximum Gasteiger partial charge on any atom is 0.0700 e. The number of hydrogen-bond acceptors (Lipinski definition) is 6. The van der Waals surface area contributed by atoms with Crippen molar-refractivity contribution in [2.45, 2.75) is 528 Å². The van der Waals surface area contributed by atoms with Crippen molar-refractivity contribution in [3.8, 4) is 0 Å². The number of hydrogen-bond donors (Lipinski definition) is 0. The van der Waals surface area contributed by atoms with Gasteiger partial charge in [0, 0.05) is 33.0 Å². The highest BCUT2D eigenvalue weighted by molar-refractivity contribution is 4.73. The van der Waals surface area contributed by atoms with E-state index in [1.165, 1.54) is 154 Å². The first kappa shape index (κ1) is 135. The molecule has 0 atom stereocenters. The molecular formula is C109H238O6. The van der Waals surface area contributed by atoms with Crippen LogP contribution in [-0.4, -0.2) is 79.3 Å². The van der Waals surface area contributed by atoms with Crippen molar-refractivity contribution in [2.75, 3.05) is 79.3 Å². The van der Waals surface area contributed by atoms with E-state index >= 15 is 0 Å². The SMILES string of the molecule is CC(C)(C)CC(C)(C)C.CC(C)(C)CCCC(C)(C)C.CC(C)(C)CCCC(C)(C)C.CC(C)(C)CCCCC(C)(C)C.CC(C)(C)CCCCC(C)(C)C.CC(C)(C)CCCCCC(C)(C)C.CC(C)CCCOCC(C)(C)C.CC(C)COCCOCC(C)(C)C.CC(C)COCCOCC(C)C.CCCCOCC(C)(C)C. The molecule has 0 rings (SSSR count). The fourth-order valence-corrected chi connectivity index (χ4v) is 11.2. The first-order valence-corrected chi connectivity index (χ1v) is 48.2. The average Bonchev–Trinajstić information content (AvgIpc) is 0.909. The smallest absolute Gasteiger partial charge is 0.0700 e. The maximum atomic E-state index is 5.55. The van der Waals surface area contributed by atoms with Crippen molar-refractivity contribution in [1.29, 1.82) is 0 Å². The zero-order valence-electron chi connectivity index (χ0n) is 91.7. The maximum absolute atomic E-state index is 5.55. The molecule has 0 spiro atoms. The van der Waals surface area contributed by atoms with Gasteiger partial charge >= 0.3 is 0 Å². The molecule has 0 aromatic heterocycles. The number of ether oxygens (including phenoxy) is 6. The summed E-state index contributed by atoms with van der Waals surface area (Å²) in [5, 5.41) is 0. The van der Waals surface area contributed by atoms with Crippen molar-refractivity contribution >= 4 is 0 Å². The third-order valence-corrected chi connectivity index (χ3v) is 16.7. The van der Waals surface area contributed by atoms with Crippen LogP contribution in [0.1, 0.15) is 528 Å². The number of rotatable bonds is 36. The third-order valence-electron chi connectivity index (χ3n) is 16.7. The van der Waals surface area contributed by atoms with E-state index in [0.717, 1.165) is 72.0 Å². The largest absolute Gasteiger partial charge is 0.381 e. The van der Waals surface area contributed by atoms with Crippen LogP contribution in [0.4, 0.5) is 0 Å². The third kappa shape index (κ3) is 198. The summed E-state index contributed by atoms with van der Waals surface area (Å²) in [7, 11) is 0. The summed E-state index contributed by atoms with van der Waals surface area (Å²) in [6.07, 6.45) is 32.3. The van der Waals surface area contributed by atoms with E-state index < -0.39 is 0 Å². The second-order valence-corrected chi connectivity index (χ2v) is 54.7. The molecule has 6 heteroatoms. The lowest BCUT2D eigenvalue weighted by Crippen LogP contribution is -2.17. The molecule has 6 nitrogen and oxygen atoms in total. The van der Waals surface area contributed by atoms with E-state index in [2.05, 4.69) is 374 Å². The van der Waals surface area contributed by atoms with Crippen molar-refractivity contribution in [3.63, 3.8) is 0 Å². The minimum atomic E-state index is 0.262. The molecule has 0 radical (unpaired) electrons. The van der Waals surface area contributed by atoms with Crippen LogP contribution in [0, 0.1) is 105 Å². The second kappa shape index (κ2) is 70.0. The van der Waals surface area contributed by atoms with Gasteiger partial charge in [-0.15, -0.1) is 0 Å². The van der Waals surface area contributed by atoms with Crippen LogP contribution in [0.5, 0.6) is 0 Å². The van der Waals surface area contributed by atoms with Crippen LogP contribution in [-0.2, 0) is 28.4 Å². The Hall–Kier alpha value is -0.240. The van der Waals surface area contributed by atoms with E-state index in [9.17, 15) is 0 Å². The summed E-state index contributed by atoms with van der Waals surface area (Å²) < 4.78 is 32.5. The van der Waals surface area contributed by atoms with E-state index in [0.29, 0.717) is 107 Å². The monoisotopic (exact) mass is 1640 g/mol. The second-order valence-electron chi connectivity index (χ2n) is 54.7. The highest BCUT2D eigenvalue weighted by Crippen LogP contribution is 2.34. The molecule has 0 aliphatic carbocycles. The lowest BCUT2D eigenvalue weighted by molar-refractivity contribution is 0.0131. The van der Waals surface area contributed by atoms with E-state index in [1.54, 1.807) is 0 Å². The van der Waals surface area contributed by atoms with Crippen LogP contribution in [0.15, 0.2) is 0 Å². The Kier molecular flexibility index (Phi) is 82.4. The van der Waals surface area contributed by atoms with E-state index in [-0.39, 0.29) is 5.41 Å². The Morgan fingerprint density at radius 2 is 0.339 bits per heavy atom. The molecule has 0 N–H and O–H groups in total. The molecule has 0 heterocycles. The van der Waals surface area contributed by atoms with Crippen LogP contribution in [0.25, 0.3) is 0 Å². The van der Waals surface area contributed by atoms with Gasteiger partial charge in [-0.1, -0.05) is 438 Å². The summed E-state index contributed by atoms with van der Waals surface area (Å²) in [5.41, 5.74) is 7.11. The highest BCUT2D eigenvalue weighted by Gasteiger charge is 2.22. The van der Waals surface area contributed by atoms with Gasteiger partial charge in [-0.2, -0.15) is 0 Å². The number of unbranched alkanes of at least 4 members (excludes halogenated alkanes) is 5. The van der Waals surface area contributed by atoms with Crippen LogP contribution in [0.2, 0.25) is 0 Å². The predicted octanol–water partition coefficient (Wildman–Crippen LogP) is 37.7. The van der Waals surface area contributed by atoms with Gasteiger partial charge in [-0.25, -0.2) is 0 Å². The van der Waals surface area contributed by atoms with Crippen molar-refractivity contribution in [3.05, 3.63) is 0 Å². The van der Waals surface area contributed by atoms with Gasteiger partial charge in [0.1, 0.15) is 0 Å². The molecule has 0 amide bonds. The molecule has 710 valence electrons. The molecule has 0 bridgehead atoms. The minimum absolute atomic E-state index is 0.262. The van der Waals surface area contributed by atoms with Gasteiger partial charge in [0.2, 0.25) is 0 Å². The van der Waals surface area contributed by atoms with Crippen molar-refractivity contribution in [2.24, 2.45) is 105 Å². The first-order chi connectivity index (χ1) is 50.8. The molecule has 0 aliphatic rings. The fourth-order valence-electron chi connectivity index (χ4n) is 11.2. The van der Waals surface area contributed by atoms with Crippen LogP contribution in [0.3, 0.4) is 0 Å². The Morgan fingerprint density at radius 1 is 0.165 bits per heavy atom. The molecule has 115 heavy (non-hydrogen) atoms. The topological polar surface area (TPSA) is 55.4 Å².